The highest BCUT2D eigenvalue weighted by atomic mass is 35.5. The van der Waals surface area contributed by atoms with Gasteiger partial charge in [0.2, 0.25) is 5.91 Å². The van der Waals surface area contributed by atoms with Gasteiger partial charge < -0.3 is 10.1 Å². The number of carbonyl (C=O) groups is 1. The number of para-hydroxylation sites is 2. The summed E-state index contributed by atoms with van der Waals surface area (Å²) in [5.74, 6) is 1.35. The van der Waals surface area contributed by atoms with Crippen molar-refractivity contribution in [1.29, 1.82) is 0 Å². The number of hydrogen-bond donors (Lipinski definition) is 1. The summed E-state index contributed by atoms with van der Waals surface area (Å²) in [5, 5.41) is 12.7. The van der Waals surface area contributed by atoms with Crippen LogP contribution in [0.3, 0.4) is 0 Å². The number of rotatable bonds is 9. The van der Waals surface area contributed by atoms with Crippen LogP contribution in [0.25, 0.3) is 5.69 Å². The van der Waals surface area contributed by atoms with Crippen molar-refractivity contribution in [2.75, 3.05) is 5.75 Å². The molecule has 1 amide bonds. The Balaban J connectivity index is 1.45. The average Bonchev–Trinajstić information content (AvgIpc) is 3.25. The number of nitrogens with one attached hydrogen (secondary N) is 1. The van der Waals surface area contributed by atoms with Crippen LogP contribution >= 0.6 is 23.4 Å². The van der Waals surface area contributed by atoms with E-state index in [2.05, 4.69) is 15.5 Å². The van der Waals surface area contributed by atoms with Crippen molar-refractivity contribution >= 4 is 29.3 Å². The summed E-state index contributed by atoms with van der Waals surface area (Å²) in [5.41, 5.74) is 3.14. The smallest absolute Gasteiger partial charge is 0.230 e. The number of hydrogen-bond acceptors (Lipinski definition) is 5. The van der Waals surface area contributed by atoms with E-state index in [0.717, 1.165) is 16.8 Å². The number of halogens is 1. The molecule has 6 nitrogen and oxygen atoms in total. The summed E-state index contributed by atoms with van der Waals surface area (Å²) in [4.78, 5) is 12.5. The van der Waals surface area contributed by atoms with Crippen LogP contribution in [-0.4, -0.2) is 26.4 Å². The number of ether oxygens (including phenoxy) is 1. The Morgan fingerprint density at radius 1 is 1.00 bits per heavy atom. The monoisotopic (exact) mass is 478 g/mol. The highest BCUT2D eigenvalue weighted by molar-refractivity contribution is 7.99. The van der Waals surface area contributed by atoms with Gasteiger partial charge in [-0.1, -0.05) is 78.0 Å². The van der Waals surface area contributed by atoms with E-state index in [1.807, 2.05) is 78.2 Å². The van der Waals surface area contributed by atoms with E-state index in [1.165, 1.54) is 11.8 Å². The zero-order valence-corrected chi connectivity index (χ0v) is 19.6. The Morgan fingerprint density at radius 3 is 2.52 bits per heavy atom. The molecule has 0 saturated heterocycles. The maximum absolute atomic E-state index is 12.5. The molecule has 0 fully saturated rings. The van der Waals surface area contributed by atoms with Crippen molar-refractivity contribution in [2.24, 2.45) is 0 Å². The minimum absolute atomic E-state index is 0.0697. The summed E-state index contributed by atoms with van der Waals surface area (Å²) in [6, 6.07) is 25.0. The normalized spacial score (nSPS) is 10.7. The molecule has 0 radical (unpaired) electrons. The van der Waals surface area contributed by atoms with E-state index in [-0.39, 0.29) is 18.3 Å². The number of amides is 1. The fourth-order valence-electron chi connectivity index (χ4n) is 3.21. The molecular weight excluding hydrogens is 456 g/mol. The standard InChI is InChI=1S/C25H23ClN4O2S/c1-18-9-5-6-10-19(18)15-27-24(31)17-33-25-29-28-23(30(25)20-11-3-2-4-12-20)16-32-22-14-8-7-13-21(22)26/h2-14H,15-17H2,1H3,(H,27,31). The van der Waals surface area contributed by atoms with Crippen molar-refractivity contribution in [3.63, 3.8) is 0 Å². The zero-order valence-electron chi connectivity index (χ0n) is 18.1. The molecule has 1 N–H and O–H groups in total. The minimum atomic E-state index is -0.0697. The van der Waals surface area contributed by atoms with Gasteiger partial charge in [0.15, 0.2) is 11.0 Å². The lowest BCUT2D eigenvalue weighted by atomic mass is 10.1. The van der Waals surface area contributed by atoms with Crippen molar-refractivity contribution in [3.8, 4) is 11.4 Å². The highest BCUT2D eigenvalue weighted by Gasteiger charge is 2.17. The van der Waals surface area contributed by atoms with E-state index in [4.69, 9.17) is 16.3 Å². The van der Waals surface area contributed by atoms with Crippen LogP contribution in [0.1, 0.15) is 17.0 Å². The number of nitrogens with zero attached hydrogens (tertiary/aromatic N) is 3. The van der Waals surface area contributed by atoms with E-state index in [0.29, 0.717) is 28.3 Å². The number of aromatic nitrogens is 3. The van der Waals surface area contributed by atoms with Gasteiger partial charge in [0.1, 0.15) is 12.4 Å². The average molecular weight is 479 g/mol. The van der Waals surface area contributed by atoms with Gasteiger partial charge in [-0.25, -0.2) is 0 Å². The van der Waals surface area contributed by atoms with Gasteiger partial charge in [-0.2, -0.15) is 0 Å². The predicted octanol–water partition coefficient (Wildman–Crippen LogP) is 5.22. The molecule has 0 aliphatic rings. The van der Waals surface area contributed by atoms with Gasteiger partial charge in [0, 0.05) is 12.2 Å². The maximum Gasteiger partial charge on any atom is 0.230 e. The van der Waals surface area contributed by atoms with E-state index < -0.39 is 0 Å². The van der Waals surface area contributed by atoms with Crippen LogP contribution in [0.5, 0.6) is 5.75 Å². The van der Waals surface area contributed by atoms with Crippen molar-refractivity contribution in [1.82, 2.24) is 20.1 Å². The Bertz CT molecular complexity index is 1230. The molecule has 0 aliphatic heterocycles. The van der Waals surface area contributed by atoms with Crippen molar-refractivity contribution in [3.05, 3.63) is 101 Å². The van der Waals surface area contributed by atoms with Crippen LogP contribution in [0.2, 0.25) is 5.02 Å². The maximum atomic E-state index is 12.5. The molecular formula is C25H23ClN4O2S. The second-order valence-electron chi connectivity index (χ2n) is 7.28. The van der Waals surface area contributed by atoms with Gasteiger partial charge in [-0.3, -0.25) is 9.36 Å². The number of benzene rings is 3. The molecule has 0 aliphatic carbocycles. The topological polar surface area (TPSA) is 69.0 Å². The minimum Gasteiger partial charge on any atom is -0.484 e. The molecule has 1 heterocycles. The second-order valence-corrected chi connectivity index (χ2v) is 8.63. The van der Waals surface area contributed by atoms with E-state index >= 15 is 0 Å². The molecule has 1 aromatic heterocycles. The van der Waals surface area contributed by atoms with Crippen LogP contribution < -0.4 is 10.1 Å². The Kier molecular flexibility index (Phi) is 7.65. The summed E-state index contributed by atoms with van der Waals surface area (Å²) in [7, 11) is 0. The first-order chi connectivity index (χ1) is 16.1. The van der Waals surface area contributed by atoms with Gasteiger partial charge in [-0.05, 0) is 42.3 Å². The van der Waals surface area contributed by atoms with Crippen molar-refractivity contribution in [2.45, 2.75) is 25.2 Å². The first-order valence-electron chi connectivity index (χ1n) is 10.4. The molecule has 0 spiro atoms. The first kappa shape index (κ1) is 22.9. The van der Waals surface area contributed by atoms with Gasteiger partial charge in [0.25, 0.3) is 0 Å². The van der Waals surface area contributed by atoms with Crippen LogP contribution in [0, 0.1) is 6.92 Å². The molecule has 4 rings (SSSR count). The largest absolute Gasteiger partial charge is 0.484 e. The number of thioether (sulfide) groups is 1. The Hall–Kier alpha value is -3.29. The third-order valence-corrected chi connectivity index (χ3v) is 6.22. The molecule has 0 saturated carbocycles. The lowest BCUT2D eigenvalue weighted by Crippen LogP contribution is -2.25. The summed E-state index contributed by atoms with van der Waals surface area (Å²) >= 11 is 7.54. The Labute approximate surface area is 202 Å². The number of carbonyl (C=O) groups excluding carboxylic acids is 1. The summed E-state index contributed by atoms with van der Waals surface area (Å²) in [6.07, 6.45) is 0. The summed E-state index contributed by atoms with van der Waals surface area (Å²) < 4.78 is 7.78. The zero-order chi connectivity index (χ0) is 23.0. The van der Waals surface area contributed by atoms with Crippen LogP contribution in [0.4, 0.5) is 0 Å². The summed E-state index contributed by atoms with van der Waals surface area (Å²) in [6.45, 7) is 2.71. The molecule has 0 bridgehead atoms. The van der Waals surface area contributed by atoms with Crippen molar-refractivity contribution < 1.29 is 9.53 Å². The lowest BCUT2D eigenvalue weighted by molar-refractivity contribution is -0.118. The molecule has 3 aromatic carbocycles. The molecule has 8 heteroatoms. The molecule has 4 aromatic rings. The number of aryl methyl sites for hydroxylation is 1. The third-order valence-electron chi connectivity index (χ3n) is 4.98. The lowest BCUT2D eigenvalue weighted by Gasteiger charge is -2.12. The fourth-order valence-corrected chi connectivity index (χ4v) is 4.20. The van der Waals surface area contributed by atoms with Crippen LogP contribution in [-0.2, 0) is 17.9 Å². The third kappa shape index (κ3) is 5.94. The molecule has 0 unspecified atom stereocenters. The SMILES string of the molecule is Cc1ccccc1CNC(=O)CSc1nnc(COc2ccccc2Cl)n1-c1ccccc1. The van der Waals surface area contributed by atoms with E-state index in [9.17, 15) is 4.79 Å². The quantitative estimate of drug-likeness (QED) is 0.334. The Morgan fingerprint density at radius 2 is 1.73 bits per heavy atom. The fraction of sp³-hybridized carbons (Fsp3) is 0.160. The van der Waals surface area contributed by atoms with Gasteiger partial charge in [0.05, 0.1) is 10.8 Å². The first-order valence-corrected chi connectivity index (χ1v) is 11.8. The molecule has 33 heavy (non-hydrogen) atoms. The molecule has 0 atom stereocenters. The van der Waals surface area contributed by atoms with E-state index in [1.54, 1.807) is 12.1 Å². The second kappa shape index (κ2) is 11.0. The predicted molar refractivity (Wildman–Crippen MR) is 131 cm³/mol. The molecule has 168 valence electrons. The van der Waals surface area contributed by atoms with Gasteiger partial charge in [-0.15, -0.1) is 10.2 Å². The van der Waals surface area contributed by atoms with Gasteiger partial charge >= 0.3 is 0 Å². The highest BCUT2D eigenvalue weighted by Crippen LogP contribution is 2.26. The van der Waals surface area contributed by atoms with Crippen LogP contribution in [0.15, 0.2) is 84.0 Å².